The van der Waals surface area contributed by atoms with E-state index in [-0.39, 0.29) is 36.0 Å². The third-order valence-electron chi connectivity index (χ3n) is 9.85. The molecular weight excluding hydrogens is 610 g/mol. The van der Waals surface area contributed by atoms with Gasteiger partial charge in [-0.2, -0.15) is 26.3 Å². The maximum absolute atomic E-state index is 13.5. The fraction of sp³-hybridized carbons (Fsp3) is 0.667. The highest BCUT2D eigenvalue weighted by atomic mass is 19.4. The van der Waals surface area contributed by atoms with Gasteiger partial charge in [0, 0.05) is 47.4 Å². The third-order valence-corrected chi connectivity index (χ3v) is 9.85. The lowest BCUT2D eigenvalue weighted by molar-refractivity contribution is -0.238. The molecule has 0 aromatic heterocycles. The minimum absolute atomic E-state index is 0.0221. The van der Waals surface area contributed by atoms with Crippen LogP contribution in [-0.4, -0.2) is 69.7 Å². The fourth-order valence-corrected chi connectivity index (χ4v) is 6.98. The fourth-order valence-electron chi connectivity index (χ4n) is 6.98. The van der Waals surface area contributed by atoms with Gasteiger partial charge in [0.05, 0.1) is 5.92 Å². The summed E-state index contributed by atoms with van der Waals surface area (Å²) in [5.41, 5.74) is 1.23. The number of piperidine rings is 1. The number of rotatable bonds is 9. The van der Waals surface area contributed by atoms with Crippen molar-refractivity contribution < 1.29 is 50.4 Å². The number of carbonyl (C=O) groups excluding carboxylic acids is 4. The van der Waals surface area contributed by atoms with Gasteiger partial charge in [0.15, 0.2) is 0 Å². The topological polar surface area (TPSA) is 108 Å². The molecule has 3 aliphatic carbocycles. The summed E-state index contributed by atoms with van der Waals surface area (Å²) in [6.07, 6.45) is -3.08. The molecular formula is C30H34F6N4O5. The smallest absolute Gasteiger partial charge is 0.379 e. The first-order valence-electron chi connectivity index (χ1n) is 15.3. The molecule has 2 N–H and O–H groups in total. The van der Waals surface area contributed by atoms with Gasteiger partial charge in [0.25, 0.3) is 17.7 Å². The van der Waals surface area contributed by atoms with E-state index in [1.165, 1.54) is 4.90 Å². The van der Waals surface area contributed by atoms with E-state index in [0.717, 1.165) is 25.7 Å². The molecule has 45 heavy (non-hydrogen) atoms. The summed E-state index contributed by atoms with van der Waals surface area (Å²) in [4.78, 5) is 55.4. The standard InChI is InChI=1S/C30H34F6N4O5/c31-29(32,33)20-14-22(20)37-17-9-12-28(13-10-17,11-8-16-4-5-16)38-21-3-1-2-18-19(21)15-39(25(18)42)23-6-7-24(41)40(26(23)43)45-27(44)30(34,35)36/h1-3,16-17,20,22-23,37-38H,4-15H2/t17?,20-,22-,23?,28?/m0/s1. The van der Waals surface area contributed by atoms with Gasteiger partial charge in [-0.1, -0.05) is 18.9 Å². The first-order valence-corrected chi connectivity index (χ1v) is 15.3. The van der Waals surface area contributed by atoms with Crippen LogP contribution in [0.2, 0.25) is 0 Å². The Kier molecular flexibility index (Phi) is 8.05. The van der Waals surface area contributed by atoms with Crippen LogP contribution >= 0.6 is 0 Å². The molecule has 3 saturated carbocycles. The monoisotopic (exact) mass is 644 g/mol. The Morgan fingerprint density at radius 2 is 1.71 bits per heavy atom. The summed E-state index contributed by atoms with van der Waals surface area (Å²) >= 11 is 0. The molecule has 15 heteroatoms. The molecule has 0 bridgehead atoms. The summed E-state index contributed by atoms with van der Waals surface area (Å²) < 4.78 is 77.5. The molecule has 1 unspecified atom stereocenters. The number of hydrogen-bond donors (Lipinski definition) is 2. The second-order valence-corrected chi connectivity index (χ2v) is 13.0. The normalized spacial score (nSPS) is 30.4. The lowest BCUT2D eigenvalue weighted by Gasteiger charge is -2.43. The highest BCUT2D eigenvalue weighted by Crippen LogP contribution is 2.47. The molecule has 4 fully saturated rings. The van der Waals surface area contributed by atoms with Crippen LogP contribution < -0.4 is 10.6 Å². The van der Waals surface area contributed by atoms with Gasteiger partial charge in [-0.25, -0.2) is 4.79 Å². The van der Waals surface area contributed by atoms with E-state index >= 15 is 0 Å². The van der Waals surface area contributed by atoms with Gasteiger partial charge in [0.1, 0.15) is 6.04 Å². The van der Waals surface area contributed by atoms with Crippen molar-refractivity contribution in [3.63, 3.8) is 0 Å². The van der Waals surface area contributed by atoms with Crippen LogP contribution in [0.5, 0.6) is 0 Å². The lowest BCUT2D eigenvalue weighted by atomic mass is 9.75. The van der Waals surface area contributed by atoms with Crippen LogP contribution in [0.4, 0.5) is 32.0 Å². The minimum Gasteiger partial charge on any atom is -0.379 e. The highest BCUT2D eigenvalue weighted by molar-refractivity contribution is 6.06. The van der Waals surface area contributed by atoms with Crippen molar-refractivity contribution in [1.29, 1.82) is 0 Å². The Bertz CT molecular complexity index is 1370. The minimum atomic E-state index is -5.43. The van der Waals surface area contributed by atoms with Crippen molar-refractivity contribution in [1.82, 2.24) is 15.3 Å². The SMILES string of the molecule is O=C1CCC(N2Cc3c(NC4(CCC5CC5)CCC(N[C@H]5C[C@@H]5C(F)(F)F)CC4)cccc3C2=O)C(=O)N1OC(=O)C(F)(F)F. The second-order valence-electron chi connectivity index (χ2n) is 13.0. The number of nitrogens with zero attached hydrogens (tertiary/aromatic N) is 2. The van der Waals surface area contributed by atoms with Crippen LogP contribution in [0.25, 0.3) is 0 Å². The average Bonchev–Trinajstić information content (AvgIpc) is 3.90. The van der Waals surface area contributed by atoms with E-state index in [1.54, 1.807) is 12.1 Å². The van der Waals surface area contributed by atoms with Crippen LogP contribution in [-0.2, 0) is 25.8 Å². The maximum atomic E-state index is 13.5. The van der Waals surface area contributed by atoms with E-state index in [4.69, 9.17) is 0 Å². The number of halogens is 6. The van der Waals surface area contributed by atoms with Gasteiger partial charge >= 0.3 is 18.3 Å². The number of amides is 3. The molecule has 246 valence electrons. The van der Waals surface area contributed by atoms with E-state index in [1.807, 2.05) is 6.07 Å². The molecule has 6 rings (SSSR count). The van der Waals surface area contributed by atoms with Crippen LogP contribution in [0, 0.1) is 11.8 Å². The molecule has 0 radical (unpaired) electrons. The lowest BCUT2D eigenvalue weighted by Crippen LogP contribution is -2.55. The molecule has 1 aromatic carbocycles. The van der Waals surface area contributed by atoms with Crippen molar-refractivity contribution in [2.24, 2.45) is 11.8 Å². The predicted molar refractivity (Wildman–Crippen MR) is 145 cm³/mol. The Hall–Kier alpha value is -3.36. The number of fused-ring (bicyclic) bond motifs is 1. The van der Waals surface area contributed by atoms with Gasteiger partial charge in [0.2, 0.25) is 0 Å². The van der Waals surface area contributed by atoms with Crippen LogP contribution in [0.3, 0.4) is 0 Å². The Balaban J connectivity index is 1.16. The molecule has 5 aliphatic rings. The van der Waals surface area contributed by atoms with Gasteiger partial charge in [-0.05, 0) is 69.4 Å². The number of anilines is 1. The zero-order valence-corrected chi connectivity index (χ0v) is 24.3. The summed E-state index contributed by atoms with van der Waals surface area (Å²) in [6.45, 7) is -0.0492. The molecule has 3 amide bonds. The summed E-state index contributed by atoms with van der Waals surface area (Å²) in [6, 6.07) is 3.23. The Morgan fingerprint density at radius 1 is 1.00 bits per heavy atom. The number of hydrogen-bond acceptors (Lipinski definition) is 7. The Labute approximate surface area is 254 Å². The van der Waals surface area contributed by atoms with E-state index in [2.05, 4.69) is 15.5 Å². The van der Waals surface area contributed by atoms with Gasteiger partial charge in [-0.3, -0.25) is 14.4 Å². The summed E-state index contributed by atoms with van der Waals surface area (Å²) in [5, 5.41) is 6.68. The molecule has 1 saturated heterocycles. The predicted octanol–water partition coefficient (Wildman–Crippen LogP) is 5.00. The zero-order valence-electron chi connectivity index (χ0n) is 24.3. The maximum Gasteiger partial charge on any atom is 0.493 e. The number of hydroxylamine groups is 2. The molecule has 1 aromatic rings. The largest absolute Gasteiger partial charge is 0.493 e. The van der Waals surface area contributed by atoms with E-state index < -0.39 is 60.5 Å². The molecule has 2 aliphatic heterocycles. The molecule has 9 nitrogen and oxygen atoms in total. The number of imide groups is 1. The molecule has 3 atom stereocenters. The number of nitrogens with one attached hydrogen (secondary N) is 2. The van der Waals surface area contributed by atoms with E-state index in [0.29, 0.717) is 48.4 Å². The second kappa shape index (κ2) is 11.5. The van der Waals surface area contributed by atoms with Crippen LogP contribution in [0.1, 0.15) is 86.6 Å². The number of alkyl halides is 6. The van der Waals surface area contributed by atoms with E-state index in [9.17, 15) is 45.5 Å². The van der Waals surface area contributed by atoms with Crippen molar-refractivity contribution in [2.45, 2.75) is 113 Å². The molecule has 2 heterocycles. The first-order chi connectivity index (χ1) is 21.1. The average molecular weight is 645 g/mol. The van der Waals surface area contributed by atoms with Crippen molar-refractivity contribution >= 4 is 29.4 Å². The third kappa shape index (κ3) is 6.63. The van der Waals surface area contributed by atoms with Crippen molar-refractivity contribution in [3.8, 4) is 0 Å². The summed E-state index contributed by atoms with van der Waals surface area (Å²) in [7, 11) is 0. The zero-order chi connectivity index (χ0) is 32.3. The van der Waals surface area contributed by atoms with Crippen molar-refractivity contribution in [2.75, 3.05) is 5.32 Å². The highest BCUT2D eigenvalue weighted by Gasteiger charge is 2.56. The van der Waals surface area contributed by atoms with Gasteiger partial charge in [-0.15, -0.1) is 5.06 Å². The van der Waals surface area contributed by atoms with Crippen molar-refractivity contribution in [3.05, 3.63) is 29.3 Å². The van der Waals surface area contributed by atoms with Gasteiger partial charge < -0.3 is 20.4 Å². The Morgan fingerprint density at radius 3 is 2.33 bits per heavy atom. The van der Waals surface area contributed by atoms with Crippen LogP contribution in [0.15, 0.2) is 18.2 Å². The number of carbonyl (C=O) groups is 4. The number of benzene rings is 1. The summed E-state index contributed by atoms with van der Waals surface area (Å²) in [5.74, 6) is -6.24. The first kappa shape index (κ1) is 31.6. The quantitative estimate of drug-likeness (QED) is 0.288. The molecule has 0 spiro atoms.